The van der Waals surface area contributed by atoms with Crippen LogP contribution >= 0.6 is 0 Å². The second kappa shape index (κ2) is 11.3. The molecule has 0 saturated carbocycles. The SMILES string of the molecule is Cc1ncnc(C(=O)N2CCN(c3c4n(c5nc(-c6ccc7c(c6)COC7(C)C)nn5c3=O)CCC4)CC2)c1OCc1ccccc1. The smallest absolute Gasteiger partial charge is 0.299 e. The van der Waals surface area contributed by atoms with Gasteiger partial charge in [0.05, 0.1) is 23.6 Å². The number of carbonyl (C=O) groups excluding carboxylic acids is 1. The van der Waals surface area contributed by atoms with Crippen molar-refractivity contribution in [2.75, 3.05) is 31.1 Å². The predicted molar refractivity (Wildman–Crippen MR) is 174 cm³/mol. The Balaban J connectivity index is 1.04. The van der Waals surface area contributed by atoms with Crippen molar-refractivity contribution in [2.45, 2.75) is 59.0 Å². The van der Waals surface area contributed by atoms with E-state index in [2.05, 4.69) is 45.4 Å². The van der Waals surface area contributed by atoms with E-state index in [-0.39, 0.29) is 22.8 Å². The summed E-state index contributed by atoms with van der Waals surface area (Å²) in [6, 6.07) is 15.9. The number of piperazine rings is 1. The average Bonchev–Trinajstić information content (AvgIpc) is 3.82. The number of hydrogen-bond donors (Lipinski definition) is 0. The van der Waals surface area contributed by atoms with Crippen molar-refractivity contribution >= 4 is 17.4 Å². The molecule has 5 aromatic rings. The molecule has 8 rings (SSSR count). The van der Waals surface area contributed by atoms with Crippen molar-refractivity contribution in [1.29, 1.82) is 0 Å². The maximum atomic E-state index is 14.1. The first-order chi connectivity index (χ1) is 22.8. The van der Waals surface area contributed by atoms with Crippen LogP contribution in [0.2, 0.25) is 0 Å². The van der Waals surface area contributed by atoms with Crippen LogP contribution in [0.1, 0.15) is 58.8 Å². The zero-order chi connectivity index (χ0) is 32.3. The third-order valence-electron chi connectivity index (χ3n) is 9.52. The maximum absolute atomic E-state index is 14.1. The number of aryl methyl sites for hydroxylation is 2. The van der Waals surface area contributed by atoms with Crippen LogP contribution in [-0.2, 0) is 36.5 Å². The molecule has 0 radical (unpaired) electrons. The molecule has 1 fully saturated rings. The fourth-order valence-corrected chi connectivity index (χ4v) is 7.00. The Kier molecular flexibility index (Phi) is 7.05. The Morgan fingerprint density at radius 2 is 1.83 bits per heavy atom. The third kappa shape index (κ3) is 5.03. The van der Waals surface area contributed by atoms with E-state index in [1.54, 1.807) is 4.90 Å². The zero-order valence-corrected chi connectivity index (χ0v) is 26.8. The highest BCUT2D eigenvalue weighted by atomic mass is 16.5. The van der Waals surface area contributed by atoms with Gasteiger partial charge in [-0.05, 0) is 56.4 Å². The molecular weight excluding hydrogens is 596 g/mol. The lowest BCUT2D eigenvalue weighted by Gasteiger charge is -2.36. The monoisotopic (exact) mass is 632 g/mol. The van der Waals surface area contributed by atoms with Gasteiger partial charge >= 0.3 is 0 Å². The summed E-state index contributed by atoms with van der Waals surface area (Å²) in [4.78, 5) is 45.2. The number of carbonyl (C=O) groups is 1. The Morgan fingerprint density at radius 3 is 2.64 bits per heavy atom. The fraction of sp³-hybridized carbons (Fsp3) is 0.371. The highest BCUT2D eigenvalue weighted by molar-refractivity contribution is 5.95. The summed E-state index contributed by atoms with van der Waals surface area (Å²) < 4.78 is 15.6. The van der Waals surface area contributed by atoms with E-state index in [1.165, 1.54) is 10.8 Å². The first-order valence-corrected chi connectivity index (χ1v) is 16.1. The Bertz CT molecular complexity index is 2080. The van der Waals surface area contributed by atoms with Crippen LogP contribution in [0.5, 0.6) is 5.75 Å². The van der Waals surface area contributed by atoms with Crippen molar-refractivity contribution in [1.82, 2.24) is 34.0 Å². The van der Waals surface area contributed by atoms with Crippen molar-refractivity contribution in [3.05, 3.63) is 99.0 Å². The number of ether oxygens (including phenoxy) is 2. The van der Waals surface area contributed by atoms with Crippen molar-refractivity contribution in [2.24, 2.45) is 0 Å². The lowest BCUT2D eigenvalue weighted by Crippen LogP contribution is -2.51. The van der Waals surface area contributed by atoms with E-state index >= 15 is 0 Å². The highest BCUT2D eigenvalue weighted by Gasteiger charge is 2.33. The number of anilines is 1. The molecule has 6 heterocycles. The second-order valence-electron chi connectivity index (χ2n) is 12.9. The summed E-state index contributed by atoms with van der Waals surface area (Å²) in [5.41, 5.74) is 6.11. The first kappa shape index (κ1) is 29.3. The fourth-order valence-electron chi connectivity index (χ4n) is 7.00. The van der Waals surface area contributed by atoms with E-state index in [0.717, 1.165) is 47.3 Å². The molecule has 1 saturated heterocycles. The molecule has 3 aliphatic rings. The van der Waals surface area contributed by atoms with Crippen molar-refractivity contribution in [3.63, 3.8) is 0 Å². The Labute approximate surface area is 271 Å². The topological polar surface area (TPSA) is 120 Å². The average molecular weight is 633 g/mol. The van der Waals surface area contributed by atoms with Gasteiger partial charge in [-0.3, -0.25) is 9.59 Å². The predicted octanol–water partition coefficient (Wildman–Crippen LogP) is 3.91. The van der Waals surface area contributed by atoms with Crippen LogP contribution in [0.25, 0.3) is 17.2 Å². The lowest BCUT2D eigenvalue weighted by molar-refractivity contribution is -0.00789. The number of benzene rings is 2. The van der Waals surface area contributed by atoms with Gasteiger partial charge in [-0.1, -0.05) is 42.5 Å². The number of fused-ring (bicyclic) bond motifs is 4. The van der Waals surface area contributed by atoms with Gasteiger partial charge in [0.1, 0.15) is 18.6 Å². The van der Waals surface area contributed by atoms with Gasteiger partial charge in [-0.15, -0.1) is 5.10 Å². The largest absolute Gasteiger partial charge is 0.485 e. The number of nitrogens with zero attached hydrogens (tertiary/aromatic N) is 8. The normalized spacial score (nSPS) is 16.8. The third-order valence-corrected chi connectivity index (χ3v) is 9.52. The summed E-state index contributed by atoms with van der Waals surface area (Å²) in [7, 11) is 0. The summed E-state index contributed by atoms with van der Waals surface area (Å²) in [5, 5.41) is 4.73. The summed E-state index contributed by atoms with van der Waals surface area (Å²) in [6.07, 6.45) is 3.12. The minimum absolute atomic E-state index is 0.180. The van der Waals surface area contributed by atoms with E-state index in [0.29, 0.717) is 68.1 Å². The molecule has 12 nitrogen and oxygen atoms in total. The quantitative estimate of drug-likeness (QED) is 0.274. The van der Waals surface area contributed by atoms with Crippen LogP contribution in [0.15, 0.2) is 59.7 Å². The van der Waals surface area contributed by atoms with Gasteiger partial charge in [0.15, 0.2) is 17.3 Å². The number of hydrogen-bond acceptors (Lipinski definition) is 9. The molecule has 0 atom stereocenters. The molecule has 3 aliphatic heterocycles. The van der Waals surface area contributed by atoms with Gasteiger partial charge in [-0.25, -0.2) is 9.97 Å². The molecule has 47 heavy (non-hydrogen) atoms. The molecule has 0 spiro atoms. The van der Waals surface area contributed by atoms with Crippen molar-refractivity contribution in [3.8, 4) is 17.1 Å². The molecule has 0 N–H and O–H groups in total. The zero-order valence-electron chi connectivity index (χ0n) is 26.8. The number of aromatic nitrogens is 6. The maximum Gasteiger partial charge on any atom is 0.299 e. The Hall–Kier alpha value is -5.10. The van der Waals surface area contributed by atoms with Crippen LogP contribution < -0.4 is 15.2 Å². The molecule has 3 aromatic heterocycles. The minimum Gasteiger partial charge on any atom is -0.485 e. The molecular formula is C35H36N8O4. The van der Waals surface area contributed by atoms with Gasteiger partial charge in [0, 0.05) is 38.3 Å². The lowest BCUT2D eigenvalue weighted by atomic mass is 9.94. The van der Waals surface area contributed by atoms with Gasteiger partial charge in [0.2, 0.25) is 5.78 Å². The second-order valence-corrected chi connectivity index (χ2v) is 12.9. The number of rotatable bonds is 6. The van der Waals surface area contributed by atoms with E-state index in [1.807, 2.05) is 43.3 Å². The van der Waals surface area contributed by atoms with Crippen LogP contribution in [0, 0.1) is 6.92 Å². The molecule has 0 unspecified atom stereocenters. The molecule has 240 valence electrons. The molecule has 1 amide bonds. The molecule has 0 aliphatic carbocycles. The molecule has 0 bridgehead atoms. The van der Waals surface area contributed by atoms with Crippen LogP contribution in [-0.4, -0.2) is 66.1 Å². The standard InChI is InChI=1S/C35H36N8O4/c1-22-30(46-19-23-8-5-4-6-9-23)28(37-21-36-22)32(44)41-16-14-40(15-17-41)29-27-10-7-13-42(27)34-38-31(39-43(34)33(29)45)24-11-12-26-25(18-24)20-47-35(26,2)3/h4-6,8-9,11-12,18,21H,7,10,13-17,19-20H2,1-3H3. The Morgan fingerprint density at radius 1 is 1.02 bits per heavy atom. The molecule has 12 heteroatoms. The molecule has 2 aromatic carbocycles. The van der Waals surface area contributed by atoms with E-state index in [9.17, 15) is 9.59 Å². The highest BCUT2D eigenvalue weighted by Crippen LogP contribution is 2.37. The number of amides is 1. The van der Waals surface area contributed by atoms with Crippen LogP contribution in [0.4, 0.5) is 5.69 Å². The summed E-state index contributed by atoms with van der Waals surface area (Å²) in [6.45, 7) is 9.46. The summed E-state index contributed by atoms with van der Waals surface area (Å²) in [5.74, 6) is 1.27. The van der Waals surface area contributed by atoms with Gasteiger partial charge in [-0.2, -0.15) is 9.50 Å². The van der Waals surface area contributed by atoms with Gasteiger partial charge in [0.25, 0.3) is 11.5 Å². The van der Waals surface area contributed by atoms with Crippen LogP contribution in [0.3, 0.4) is 0 Å². The first-order valence-electron chi connectivity index (χ1n) is 16.1. The van der Waals surface area contributed by atoms with E-state index < -0.39 is 0 Å². The van der Waals surface area contributed by atoms with Gasteiger partial charge < -0.3 is 23.8 Å². The van der Waals surface area contributed by atoms with E-state index in [4.69, 9.17) is 19.6 Å². The van der Waals surface area contributed by atoms with Crippen molar-refractivity contribution < 1.29 is 14.3 Å². The minimum atomic E-state index is -0.325. The summed E-state index contributed by atoms with van der Waals surface area (Å²) >= 11 is 0.